The summed E-state index contributed by atoms with van der Waals surface area (Å²) in [5.41, 5.74) is 7.34. The predicted molar refractivity (Wildman–Crippen MR) is 83.4 cm³/mol. The van der Waals surface area contributed by atoms with Gasteiger partial charge in [0, 0.05) is 17.6 Å². The van der Waals surface area contributed by atoms with Crippen molar-refractivity contribution in [3.05, 3.63) is 34.3 Å². The number of benzene rings is 1. The molecule has 3 rings (SSSR count). The van der Waals surface area contributed by atoms with E-state index in [4.69, 9.17) is 10.5 Å². The Labute approximate surface area is 130 Å². The minimum atomic E-state index is 0.358. The number of halogens is 1. The number of hydrogen-bond acceptors (Lipinski definition) is 5. The summed E-state index contributed by atoms with van der Waals surface area (Å²) in [6.07, 6.45) is 0. The molecule has 0 amide bonds. The van der Waals surface area contributed by atoms with Gasteiger partial charge in [0.25, 0.3) is 0 Å². The van der Waals surface area contributed by atoms with Gasteiger partial charge in [-0.2, -0.15) is 5.26 Å². The fourth-order valence-corrected chi connectivity index (χ4v) is 2.71. The number of anilines is 2. The van der Waals surface area contributed by atoms with Crippen molar-refractivity contribution in [1.82, 2.24) is 9.78 Å². The highest BCUT2D eigenvalue weighted by atomic mass is 79.9. The second-order valence-electron chi connectivity index (χ2n) is 4.69. The lowest BCUT2D eigenvalue weighted by molar-refractivity contribution is 0.122. The van der Waals surface area contributed by atoms with E-state index in [1.807, 2.05) is 29.2 Å². The van der Waals surface area contributed by atoms with Crippen LogP contribution in [0.25, 0.3) is 5.69 Å². The van der Waals surface area contributed by atoms with Gasteiger partial charge in [0.05, 0.1) is 18.9 Å². The van der Waals surface area contributed by atoms with Crippen LogP contribution in [0, 0.1) is 11.3 Å². The zero-order chi connectivity index (χ0) is 14.8. The highest BCUT2D eigenvalue weighted by Gasteiger charge is 2.23. The number of nitrogens with zero attached hydrogens (tertiary/aromatic N) is 4. The summed E-state index contributed by atoms with van der Waals surface area (Å²) in [5.74, 6) is 0.982. The molecule has 0 saturated carbocycles. The first-order valence-corrected chi connectivity index (χ1v) is 7.37. The third kappa shape index (κ3) is 2.60. The molecule has 0 bridgehead atoms. The minimum absolute atomic E-state index is 0.358. The molecule has 7 heteroatoms. The fraction of sp³-hybridized carbons (Fsp3) is 0.286. The number of nitriles is 1. The Morgan fingerprint density at radius 3 is 2.76 bits per heavy atom. The Morgan fingerprint density at radius 1 is 1.33 bits per heavy atom. The Kier molecular flexibility index (Phi) is 3.82. The van der Waals surface area contributed by atoms with Gasteiger partial charge in [-0.3, -0.25) is 0 Å². The largest absolute Gasteiger partial charge is 0.382 e. The molecule has 21 heavy (non-hydrogen) atoms. The van der Waals surface area contributed by atoms with E-state index < -0.39 is 0 Å². The SMILES string of the molecule is N#Cc1c(N2CCOCC2)nn(-c2cccc(Br)c2)c1N. The highest BCUT2D eigenvalue weighted by molar-refractivity contribution is 9.10. The van der Waals surface area contributed by atoms with Crippen LogP contribution >= 0.6 is 15.9 Å². The van der Waals surface area contributed by atoms with E-state index in [1.54, 1.807) is 4.68 Å². The van der Waals surface area contributed by atoms with Crippen molar-refractivity contribution in [2.45, 2.75) is 0 Å². The third-order valence-corrected chi connectivity index (χ3v) is 3.87. The topological polar surface area (TPSA) is 80.1 Å². The van der Waals surface area contributed by atoms with Gasteiger partial charge in [-0.15, -0.1) is 5.10 Å². The molecular weight excluding hydrogens is 334 g/mol. The molecule has 1 aromatic carbocycles. The zero-order valence-corrected chi connectivity index (χ0v) is 12.9. The normalized spacial score (nSPS) is 15.0. The molecule has 0 aliphatic carbocycles. The predicted octanol–water partition coefficient (Wildman–Crippen LogP) is 1.93. The molecular formula is C14H14BrN5O. The van der Waals surface area contributed by atoms with Gasteiger partial charge in [0.15, 0.2) is 5.82 Å². The minimum Gasteiger partial charge on any atom is -0.382 e. The van der Waals surface area contributed by atoms with E-state index in [0.717, 1.165) is 10.2 Å². The molecule has 1 fully saturated rings. The molecule has 0 unspecified atom stereocenters. The van der Waals surface area contributed by atoms with Crippen molar-refractivity contribution in [2.24, 2.45) is 0 Å². The molecule has 0 spiro atoms. The third-order valence-electron chi connectivity index (χ3n) is 3.38. The van der Waals surface area contributed by atoms with Crippen LogP contribution in [0.5, 0.6) is 0 Å². The summed E-state index contributed by atoms with van der Waals surface area (Å²) in [5, 5.41) is 13.9. The summed E-state index contributed by atoms with van der Waals surface area (Å²) in [4.78, 5) is 2.03. The molecule has 1 aliphatic heterocycles. The van der Waals surface area contributed by atoms with Gasteiger partial charge < -0.3 is 15.4 Å². The Hall–Kier alpha value is -2.04. The van der Waals surface area contributed by atoms with Gasteiger partial charge in [-0.05, 0) is 18.2 Å². The Morgan fingerprint density at radius 2 is 2.10 bits per heavy atom. The van der Waals surface area contributed by atoms with Gasteiger partial charge in [0.1, 0.15) is 17.5 Å². The second kappa shape index (κ2) is 5.76. The molecule has 0 radical (unpaired) electrons. The van der Waals surface area contributed by atoms with Crippen LogP contribution in [-0.2, 0) is 4.74 Å². The number of rotatable bonds is 2. The summed E-state index contributed by atoms with van der Waals surface area (Å²) in [6.45, 7) is 2.69. The second-order valence-corrected chi connectivity index (χ2v) is 5.60. The first-order chi connectivity index (χ1) is 10.2. The summed E-state index contributed by atoms with van der Waals surface area (Å²) in [7, 11) is 0. The van der Waals surface area contributed by atoms with Crippen molar-refractivity contribution in [2.75, 3.05) is 36.9 Å². The molecule has 6 nitrogen and oxygen atoms in total. The lowest BCUT2D eigenvalue weighted by atomic mass is 10.3. The number of aromatic nitrogens is 2. The number of nitrogens with two attached hydrogens (primary N) is 1. The van der Waals surface area contributed by atoms with Crippen LogP contribution in [0.2, 0.25) is 0 Å². The van der Waals surface area contributed by atoms with Crippen molar-refractivity contribution in [1.29, 1.82) is 5.26 Å². The molecule has 2 aromatic rings. The van der Waals surface area contributed by atoms with E-state index in [9.17, 15) is 5.26 Å². The Bertz CT molecular complexity index is 700. The van der Waals surface area contributed by atoms with E-state index in [1.165, 1.54) is 0 Å². The standard InChI is InChI=1S/C14H14BrN5O/c15-10-2-1-3-11(8-10)20-13(17)12(9-16)14(18-20)19-4-6-21-7-5-19/h1-3,8H,4-7,17H2. The van der Waals surface area contributed by atoms with Crippen molar-refractivity contribution < 1.29 is 4.74 Å². The zero-order valence-electron chi connectivity index (χ0n) is 11.3. The molecule has 1 aromatic heterocycles. The van der Waals surface area contributed by atoms with Crippen LogP contribution in [0.4, 0.5) is 11.6 Å². The van der Waals surface area contributed by atoms with Gasteiger partial charge in [0.2, 0.25) is 0 Å². The first-order valence-electron chi connectivity index (χ1n) is 6.58. The smallest absolute Gasteiger partial charge is 0.171 e. The van der Waals surface area contributed by atoms with Crippen molar-refractivity contribution in [3.63, 3.8) is 0 Å². The molecule has 108 valence electrons. The van der Waals surface area contributed by atoms with Crippen LogP contribution < -0.4 is 10.6 Å². The first kappa shape index (κ1) is 13.9. The molecule has 0 atom stereocenters. The summed E-state index contributed by atoms with van der Waals surface area (Å²) >= 11 is 3.43. The summed E-state index contributed by atoms with van der Waals surface area (Å²) < 4.78 is 7.87. The number of ether oxygens (including phenoxy) is 1. The van der Waals surface area contributed by atoms with Gasteiger partial charge in [-0.25, -0.2) is 4.68 Å². The molecule has 2 N–H and O–H groups in total. The van der Waals surface area contributed by atoms with E-state index in [2.05, 4.69) is 27.1 Å². The maximum Gasteiger partial charge on any atom is 0.171 e. The van der Waals surface area contributed by atoms with E-state index >= 15 is 0 Å². The molecule has 1 saturated heterocycles. The van der Waals surface area contributed by atoms with Crippen molar-refractivity contribution in [3.8, 4) is 11.8 Å². The molecule has 1 aliphatic rings. The highest BCUT2D eigenvalue weighted by Crippen LogP contribution is 2.28. The van der Waals surface area contributed by atoms with Gasteiger partial charge >= 0.3 is 0 Å². The van der Waals surface area contributed by atoms with E-state index in [-0.39, 0.29) is 0 Å². The fourth-order valence-electron chi connectivity index (χ4n) is 2.33. The quantitative estimate of drug-likeness (QED) is 0.897. The average Bonchev–Trinajstić information content (AvgIpc) is 2.85. The Balaban J connectivity index is 2.07. The lowest BCUT2D eigenvalue weighted by Gasteiger charge is -2.26. The monoisotopic (exact) mass is 347 g/mol. The van der Waals surface area contributed by atoms with Crippen LogP contribution in [0.3, 0.4) is 0 Å². The lowest BCUT2D eigenvalue weighted by Crippen LogP contribution is -2.37. The van der Waals surface area contributed by atoms with Crippen molar-refractivity contribution >= 4 is 27.6 Å². The number of nitrogen functional groups attached to an aromatic ring is 1. The van der Waals surface area contributed by atoms with Crippen LogP contribution in [-0.4, -0.2) is 36.1 Å². The van der Waals surface area contributed by atoms with Crippen LogP contribution in [0.15, 0.2) is 28.7 Å². The summed E-state index contributed by atoms with van der Waals surface area (Å²) in [6, 6.07) is 9.81. The average molecular weight is 348 g/mol. The van der Waals surface area contributed by atoms with Crippen LogP contribution in [0.1, 0.15) is 5.56 Å². The van der Waals surface area contributed by atoms with E-state index in [0.29, 0.717) is 43.5 Å². The maximum atomic E-state index is 9.39. The maximum absolute atomic E-state index is 9.39. The number of hydrogen-bond donors (Lipinski definition) is 1. The van der Waals surface area contributed by atoms with Gasteiger partial charge in [-0.1, -0.05) is 22.0 Å². The molecule has 2 heterocycles. The number of morpholine rings is 1.